The van der Waals surface area contributed by atoms with Crippen molar-refractivity contribution >= 4 is 44.1 Å². The second-order valence-electron chi connectivity index (χ2n) is 3.31. The Morgan fingerprint density at radius 3 is 2.29 bits per heavy atom. The molecule has 0 radical (unpaired) electrons. The number of benzene rings is 2. The SMILES string of the molecule is Sc1cc2ccc1c1ccc(cc1)s2. The Morgan fingerprint density at radius 1 is 0.857 bits per heavy atom. The lowest BCUT2D eigenvalue weighted by Gasteiger charge is -1.95. The van der Waals surface area contributed by atoms with Crippen molar-refractivity contribution in [3.05, 3.63) is 42.5 Å². The molecular weight excluding hydrogens is 208 g/mol. The third kappa shape index (κ3) is 1.22. The van der Waals surface area contributed by atoms with E-state index in [1.54, 1.807) is 11.3 Å². The molecule has 0 amide bonds. The first-order chi connectivity index (χ1) is 6.83. The van der Waals surface area contributed by atoms with Crippen molar-refractivity contribution in [1.82, 2.24) is 0 Å². The molecule has 0 N–H and O–H groups in total. The van der Waals surface area contributed by atoms with Gasteiger partial charge >= 0.3 is 0 Å². The fraction of sp³-hybridized carbons (Fsp3) is 0. The fourth-order valence-electron chi connectivity index (χ4n) is 1.66. The topological polar surface area (TPSA) is 0 Å². The third-order valence-electron chi connectivity index (χ3n) is 2.37. The highest BCUT2D eigenvalue weighted by atomic mass is 32.1. The molecule has 0 aliphatic rings. The molecule has 0 nitrogen and oxygen atoms in total. The van der Waals surface area contributed by atoms with Crippen LogP contribution in [-0.4, -0.2) is 0 Å². The summed E-state index contributed by atoms with van der Waals surface area (Å²) in [5.41, 5.74) is 0. The summed E-state index contributed by atoms with van der Waals surface area (Å²) in [5, 5.41) is 2.46. The van der Waals surface area contributed by atoms with E-state index in [0.29, 0.717) is 0 Å². The minimum absolute atomic E-state index is 1.06. The summed E-state index contributed by atoms with van der Waals surface area (Å²) in [6.45, 7) is 0. The molecule has 4 aromatic heterocycles. The molecule has 14 heavy (non-hydrogen) atoms. The Labute approximate surface area is 91.6 Å². The van der Waals surface area contributed by atoms with Crippen LogP contribution in [0, 0.1) is 0 Å². The van der Waals surface area contributed by atoms with Crippen LogP contribution in [0.3, 0.4) is 0 Å². The van der Waals surface area contributed by atoms with Crippen LogP contribution < -0.4 is 0 Å². The predicted octanol–water partition coefficient (Wildman–Crippen LogP) is 4.34. The standard InChI is InChI=1S/C12H8S2/c13-12-7-10-5-6-11(12)8-1-3-9(14-10)4-2-8/h1-7,13H. The molecule has 6 aromatic rings. The summed E-state index contributed by atoms with van der Waals surface area (Å²) >= 11 is 6.28. The Bertz CT molecular complexity index is 588. The van der Waals surface area contributed by atoms with Gasteiger partial charge in [0.2, 0.25) is 0 Å². The van der Waals surface area contributed by atoms with Crippen LogP contribution in [0.1, 0.15) is 0 Å². The van der Waals surface area contributed by atoms with Gasteiger partial charge in [0, 0.05) is 14.3 Å². The van der Waals surface area contributed by atoms with Crippen molar-refractivity contribution in [3.8, 4) is 0 Å². The molecule has 0 spiro atoms. The Hall–Kier alpha value is -0.990. The summed E-state index contributed by atoms with van der Waals surface area (Å²) in [6, 6.07) is 15.0. The average Bonchev–Trinajstić information content (AvgIpc) is 2.37. The van der Waals surface area contributed by atoms with Crippen LogP contribution in [0.25, 0.3) is 20.2 Å². The lowest BCUT2D eigenvalue weighted by atomic mass is 10.1. The number of rotatable bonds is 0. The molecule has 4 heterocycles. The Balaban J connectivity index is 2.74. The Kier molecular flexibility index (Phi) is 1.79. The molecule has 2 heteroatoms. The van der Waals surface area contributed by atoms with E-state index in [4.69, 9.17) is 0 Å². The number of hydrogen-bond donors (Lipinski definition) is 1. The van der Waals surface area contributed by atoms with E-state index in [2.05, 4.69) is 55.1 Å². The zero-order valence-electron chi connectivity index (χ0n) is 7.40. The predicted molar refractivity (Wildman–Crippen MR) is 66.6 cm³/mol. The minimum atomic E-state index is 1.06. The molecule has 0 aliphatic carbocycles. The van der Waals surface area contributed by atoms with Crippen LogP contribution in [0.15, 0.2) is 47.4 Å². The maximum atomic E-state index is 4.50. The van der Waals surface area contributed by atoms with Gasteiger partial charge in [0.25, 0.3) is 0 Å². The van der Waals surface area contributed by atoms with E-state index in [-0.39, 0.29) is 0 Å². The molecule has 0 unspecified atom stereocenters. The van der Waals surface area contributed by atoms with Gasteiger partial charge in [-0.15, -0.1) is 24.0 Å². The molecule has 0 atom stereocenters. The van der Waals surface area contributed by atoms with E-state index in [1.165, 1.54) is 20.2 Å². The van der Waals surface area contributed by atoms with E-state index >= 15 is 0 Å². The van der Waals surface area contributed by atoms with Crippen LogP contribution >= 0.6 is 24.0 Å². The quantitative estimate of drug-likeness (QED) is 0.531. The lowest BCUT2D eigenvalue weighted by Crippen LogP contribution is -1.69. The molecule has 2 aromatic carbocycles. The normalized spacial score (nSPS) is 11.2. The van der Waals surface area contributed by atoms with E-state index in [9.17, 15) is 0 Å². The molecule has 6 rings (SSSR count). The summed E-state index contributed by atoms with van der Waals surface area (Å²) in [7, 11) is 0. The van der Waals surface area contributed by atoms with Gasteiger partial charge in [0.1, 0.15) is 0 Å². The van der Waals surface area contributed by atoms with Gasteiger partial charge in [0.05, 0.1) is 0 Å². The average molecular weight is 216 g/mol. The largest absolute Gasteiger partial charge is 0.143 e. The highest BCUT2D eigenvalue weighted by molar-refractivity contribution is 7.80. The summed E-state index contributed by atoms with van der Waals surface area (Å²) in [5.74, 6) is 0. The maximum Gasteiger partial charge on any atom is 0.0287 e. The fourth-order valence-corrected chi connectivity index (χ4v) is 2.94. The van der Waals surface area contributed by atoms with Crippen LogP contribution in [-0.2, 0) is 0 Å². The third-order valence-corrected chi connectivity index (χ3v) is 3.74. The minimum Gasteiger partial charge on any atom is -0.143 e. The first kappa shape index (κ1) is 8.33. The van der Waals surface area contributed by atoms with Gasteiger partial charge in [-0.05, 0) is 35.0 Å². The van der Waals surface area contributed by atoms with Crippen molar-refractivity contribution in [2.24, 2.45) is 0 Å². The first-order valence-electron chi connectivity index (χ1n) is 4.44. The van der Waals surface area contributed by atoms with Gasteiger partial charge in [-0.3, -0.25) is 0 Å². The molecule has 4 bridgehead atoms. The molecular formula is C12H8S2. The van der Waals surface area contributed by atoms with E-state index in [1.807, 2.05) is 0 Å². The van der Waals surface area contributed by atoms with Crippen LogP contribution in [0.4, 0.5) is 0 Å². The molecule has 0 aliphatic heterocycles. The summed E-state index contributed by atoms with van der Waals surface area (Å²) in [6.07, 6.45) is 0. The van der Waals surface area contributed by atoms with Gasteiger partial charge in [-0.1, -0.05) is 18.2 Å². The second-order valence-corrected chi connectivity index (χ2v) is 4.93. The second kappa shape index (κ2) is 3.01. The summed E-state index contributed by atoms with van der Waals surface area (Å²) in [4.78, 5) is 1.06. The van der Waals surface area contributed by atoms with Crippen molar-refractivity contribution < 1.29 is 0 Å². The Morgan fingerprint density at radius 2 is 1.57 bits per heavy atom. The van der Waals surface area contributed by atoms with E-state index < -0.39 is 0 Å². The van der Waals surface area contributed by atoms with Crippen molar-refractivity contribution in [2.45, 2.75) is 4.90 Å². The zero-order valence-corrected chi connectivity index (χ0v) is 9.11. The zero-order chi connectivity index (χ0) is 9.54. The van der Waals surface area contributed by atoms with Crippen LogP contribution in [0.5, 0.6) is 0 Å². The maximum absolute atomic E-state index is 4.50. The first-order valence-corrected chi connectivity index (χ1v) is 5.70. The molecule has 0 saturated carbocycles. The van der Waals surface area contributed by atoms with E-state index in [0.717, 1.165) is 4.90 Å². The van der Waals surface area contributed by atoms with Gasteiger partial charge in [0.15, 0.2) is 0 Å². The van der Waals surface area contributed by atoms with Crippen molar-refractivity contribution in [1.29, 1.82) is 0 Å². The van der Waals surface area contributed by atoms with Gasteiger partial charge in [-0.25, -0.2) is 0 Å². The smallest absolute Gasteiger partial charge is 0.0287 e. The highest BCUT2D eigenvalue weighted by Gasteiger charge is 1.98. The molecule has 0 saturated heterocycles. The van der Waals surface area contributed by atoms with Crippen molar-refractivity contribution in [3.63, 3.8) is 0 Å². The molecule has 0 fully saturated rings. The number of thiol groups is 1. The summed E-state index contributed by atoms with van der Waals surface area (Å²) < 4.78 is 2.54. The number of hydrogen-bond acceptors (Lipinski definition) is 2. The van der Waals surface area contributed by atoms with Crippen molar-refractivity contribution in [2.75, 3.05) is 0 Å². The van der Waals surface area contributed by atoms with Crippen LogP contribution in [0.2, 0.25) is 0 Å². The lowest BCUT2D eigenvalue weighted by molar-refractivity contribution is 1.62. The monoisotopic (exact) mass is 216 g/mol. The molecule has 68 valence electrons. The van der Waals surface area contributed by atoms with Gasteiger partial charge in [-0.2, -0.15) is 0 Å². The highest BCUT2D eigenvalue weighted by Crippen LogP contribution is 2.27. The van der Waals surface area contributed by atoms with Gasteiger partial charge < -0.3 is 0 Å².